The first-order valence-corrected chi connectivity index (χ1v) is 12.3. The predicted octanol–water partition coefficient (Wildman–Crippen LogP) is 5.67. The molecule has 166 valence electrons. The molecule has 1 aliphatic carbocycles. The van der Waals surface area contributed by atoms with Gasteiger partial charge in [-0.2, -0.15) is 0 Å². The summed E-state index contributed by atoms with van der Waals surface area (Å²) in [6.07, 6.45) is 6.48. The molecule has 0 radical (unpaired) electrons. The molecule has 1 fully saturated rings. The number of hydrogen-bond acceptors (Lipinski definition) is 6. The Hall–Kier alpha value is -3.39. The smallest absolute Gasteiger partial charge is 0.227 e. The summed E-state index contributed by atoms with van der Waals surface area (Å²) in [7, 11) is 0. The fraction of sp³-hybridized carbons (Fsp3) is 0.320. The number of carbonyl (C=O) groups excluding carboxylic acids is 1. The van der Waals surface area contributed by atoms with Gasteiger partial charge in [0.05, 0.1) is 16.6 Å². The van der Waals surface area contributed by atoms with Crippen molar-refractivity contribution in [3.63, 3.8) is 0 Å². The summed E-state index contributed by atoms with van der Waals surface area (Å²) in [5.74, 6) is 0.425. The van der Waals surface area contributed by atoms with Crippen LogP contribution in [0, 0.1) is 0 Å². The number of rotatable bonds is 5. The van der Waals surface area contributed by atoms with E-state index in [0.29, 0.717) is 24.0 Å². The van der Waals surface area contributed by atoms with E-state index < -0.39 is 0 Å². The van der Waals surface area contributed by atoms with Crippen molar-refractivity contribution in [2.75, 3.05) is 5.32 Å². The normalized spacial score (nSPS) is 14.9. The van der Waals surface area contributed by atoms with Gasteiger partial charge in [0.2, 0.25) is 11.0 Å². The van der Waals surface area contributed by atoms with Crippen molar-refractivity contribution < 1.29 is 4.79 Å². The lowest BCUT2D eigenvalue weighted by molar-refractivity contribution is -0.116. The van der Waals surface area contributed by atoms with Crippen LogP contribution in [0.4, 0.5) is 5.13 Å². The number of benzene rings is 2. The Morgan fingerprint density at radius 1 is 0.970 bits per heavy atom. The second kappa shape index (κ2) is 8.51. The van der Waals surface area contributed by atoms with Gasteiger partial charge in [0.25, 0.3) is 0 Å². The minimum atomic E-state index is -0.0685. The van der Waals surface area contributed by atoms with E-state index in [2.05, 4.69) is 32.2 Å². The Morgan fingerprint density at radius 2 is 1.73 bits per heavy atom. The Labute approximate surface area is 194 Å². The third kappa shape index (κ3) is 3.84. The summed E-state index contributed by atoms with van der Waals surface area (Å²) >= 11 is 1.51. The van der Waals surface area contributed by atoms with Crippen LogP contribution < -0.4 is 5.32 Å². The van der Waals surface area contributed by atoms with E-state index in [0.717, 1.165) is 38.1 Å². The highest BCUT2D eigenvalue weighted by molar-refractivity contribution is 7.15. The Morgan fingerprint density at radius 3 is 2.58 bits per heavy atom. The van der Waals surface area contributed by atoms with E-state index in [1.807, 2.05) is 36.4 Å². The number of hydrogen-bond donors (Lipinski definition) is 1. The third-order valence-electron chi connectivity index (χ3n) is 6.46. The highest BCUT2D eigenvalue weighted by Crippen LogP contribution is 2.35. The Kier molecular flexibility index (Phi) is 5.22. The molecule has 6 rings (SSSR count). The minimum Gasteiger partial charge on any atom is -0.323 e. The number of nitrogens with zero attached hydrogens (tertiary/aromatic N) is 5. The molecule has 8 heteroatoms. The fourth-order valence-corrected chi connectivity index (χ4v) is 5.73. The van der Waals surface area contributed by atoms with Crippen molar-refractivity contribution >= 4 is 55.5 Å². The molecule has 1 N–H and O–H groups in total. The first kappa shape index (κ1) is 20.2. The molecular formula is C25H24N6OS. The number of nitrogens with one attached hydrogen (secondary N) is 1. The molecule has 1 aliphatic rings. The van der Waals surface area contributed by atoms with Gasteiger partial charge in [-0.25, -0.2) is 9.97 Å². The molecular weight excluding hydrogens is 432 g/mol. The van der Waals surface area contributed by atoms with E-state index in [1.54, 1.807) is 0 Å². The molecule has 3 aromatic heterocycles. The number of fused-ring (bicyclic) bond motifs is 4. The van der Waals surface area contributed by atoms with Crippen molar-refractivity contribution in [1.29, 1.82) is 0 Å². The maximum Gasteiger partial charge on any atom is 0.227 e. The lowest BCUT2D eigenvalue weighted by Gasteiger charge is -2.18. The van der Waals surface area contributed by atoms with Crippen LogP contribution in [0.25, 0.3) is 33.1 Å². The average Bonchev–Trinajstić information content (AvgIpc) is 3.44. The van der Waals surface area contributed by atoms with Crippen LogP contribution in [0.15, 0.2) is 48.5 Å². The number of para-hydroxylation sites is 3. The molecule has 2 aromatic carbocycles. The third-order valence-corrected chi connectivity index (χ3v) is 7.46. The second-order valence-electron chi connectivity index (χ2n) is 8.63. The van der Waals surface area contributed by atoms with Crippen LogP contribution in [-0.4, -0.2) is 30.6 Å². The molecule has 7 nitrogen and oxygen atoms in total. The standard InChI is InChI=1S/C25H24N6OS/c32-21(28-25-30-29-24(33-25)16-8-2-1-3-9-16)14-15-31-20-13-7-4-10-17(20)22-23(31)27-19-12-6-5-11-18(19)26-22/h4-7,10-13,16H,1-3,8-9,14-15H2,(H,28,30,32). The summed E-state index contributed by atoms with van der Waals surface area (Å²) in [4.78, 5) is 22.5. The molecule has 0 atom stereocenters. The van der Waals surface area contributed by atoms with Gasteiger partial charge >= 0.3 is 0 Å². The zero-order valence-corrected chi connectivity index (χ0v) is 19.0. The maximum absolute atomic E-state index is 12.8. The topological polar surface area (TPSA) is 85.6 Å². The van der Waals surface area contributed by atoms with Crippen molar-refractivity contribution in [2.24, 2.45) is 0 Å². The Bertz CT molecular complexity index is 1470. The largest absolute Gasteiger partial charge is 0.323 e. The molecule has 1 amide bonds. The number of aryl methyl sites for hydroxylation is 1. The Balaban J connectivity index is 1.24. The van der Waals surface area contributed by atoms with E-state index in [-0.39, 0.29) is 5.91 Å². The van der Waals surface area contributed by atoms with Crippen molar-refractivity contribution in [3.05, 3.63) is 53.5 Å². The molecule has 3 heterocycles. The van der Waals surface area contributed by atoms with Gasteiger partial charge in [-0.1, -0.05) is 60.9 Å². The van der Waals surface area contributed by atoms with Crippen LogP contribution in [0.5, 0.6) is 0 Å². The first-order valence-electron chi connectivity index (χ1n) is 11.5. The summed E-state index contributed by atoms with van der Waals surface area (Å²) in [6.45, 7) is 0.511. The highest BCUT2D eigenvalue weighted by Gasteiger charge is 2.20. The van der Waals surface area contributed by atoms with E-state index >= 15 is 0 Å². The van der Waals surface area contributed by atoms with Gasteiger partial charge in [-0.05, 0) is 31.0 Å². The van der Waals surface area contributed by atoms with E-state index in [4.69, 9.17) is 9.97 Å². The van der Waals surface area contributed by atoms with Gasteiger partial charge < -0.3 is 9.88 Å². The van der Waals surface area contributed by atoms with E-state index in [9.17, 15) is 4.79 Å². The number of anilines is 1. The van der Waals surface area contributed by atoms with Gasteiger partial charge in [0, 0.05) is 24.3 Å². The SMILES string of the molecule is O=C(CCn1c2ccccc2c2nc3ccccc3nc21)Nc1nnc(C2CCCCC2)s1. The van der Waals surface area contributed by atoms with Gasteiger partial charge in [-0.15, -0.1) is 10.2 Å². The summed E-state index contributed by atoms with van der Waals surface area (Å²) in [5.41, 5.74) is 4.42. The number of aromatic nitrogens is 5. The van der Waals surface area contributed by atoms with Crippen molar-refractivity contribution in [2.45, 2.75) is 51.0 Å². The van der Waals surface area contributed by atoms with Crippen molar-refractivity contribution in [3.8, 4) is 0 Å². The molecule has 0 unspecified atom stereocenters. The van der Waals surface area contributed by atoms with Crippen molar-refractivity contribution in [1.82, 2.24) is 24.7 Å². The van der Waals surface area contributed by atoms with Gasteiger partial charge in [-0.3, -0.25) is 4.79 Å². The van der Waals surface area contributed by atoms with E-state index in [1.165, 1.54) is 43.4 Å². The van der Waals surface area contributed by atoms with Gasteiger partial charge in [0.1, 0.15) is 10.5 Å². The average molecular weight is 457 g/mol. The quantitative estimate of drug-likeness (QED) is 0.368. The highest BCUT2D eigenvalue weighted by atomic mass is 32.1. The molecule has 0 spiro atoms. The lowest BCUT2D eigenvalue weighted by Crippen LogP contribution is -2.14. The summed E-state index contributed by atoms with van der Waals surface area (Å²) in [5, 5.41) is 14.2. The molecule has 5 aromatic rings. The van der Waals surface area contributed by atoms with Crippen LogP contribution in [0.1, 0.15) is 49.5 Å². The van der Waals surface area contributed by atoms with Crippen LogP contribution in [0.2, 0.25) is 0 Å². The van der Waals surface area contributed by atoms with Crippen LogP contribution in [0.3, 0.4) is 0 Å². The lowest BCUT2D eigenvalue weighted by atomic mass is 9.90. The van der Waals surface area contributed by atoms with Crippen LogP contribution in [-0.2, 0) is 11.3 Å². The zero-order valence-electron chi connectivity index (χ0n) is 18.2. The molecule has 0 saturated heterocycles. The fourth-order valence-electron chi connectivity index (χ4n) is 4.80. The molecule has 0 bridgehead atoms. The number of carbonyl (C=O) groups is 1. The zero-order chi connectivity index (χ0) is 22.2. The van der Waals surface area contributed by atoms with Crippen LogP contribution >= 0.6 is 11.3 Å². The summed E-state index contributed by atoms with van der Waals surface area (Å²) < 4.78 is 2.09. The molecule has 0 aliphatic heterocycles. The maximum atomic E-state index is 12.8. The molecule has 33 heavy (non-hydrogen) atoms. The number of amides is 1. The monoisotopic (exact) mass is 456 g/mol. The minimum absolute atomic E-state index is 0.0685. The van der Waals surface area contributed by atoms with Gasteiger partial charge in [0.15, 0.2) is 5.65 Å². The summed E-state index contributed by atoms with van der Waals surface area (Å²) in [6, 6.07) is 16.0. The molecule has 1 saturated carbocycles. The second-order valence-corrected chi connectivity index (χ2v) is 9.64. The first-order chi connectivity index (χ1) is 16.3. The predicted molar refractivity (Wildman–Crippen MR) is 132 cm³/mol.